The maximum Gasteiger partial charge on any atom is 0.247 e. The fraction of sp³-hybridized carbons (Fsp3) is 0.125. The van der Waals surface area contributed by atoms with Crippen molar-refractivity contribution < 1.29 is 14.6 Å². The maximum atomic E-state index is 9.98. The Balaban J connectivity index is 1.49. The number of ether oxygens (including phenoxy) is 2. The summed E-state index contributed by atoms with van der Waals surface area (Å²) in [6.07, 6.45) is -0.576. The summed E-state index contributed by atoms with van der Waals surface area (Å²) in [5.74, 6) is 1.46. The molecule has 0 radical (unpaired) electrons. The van der Waals surface area contributed by atoms with E-state index in [0.29, 0.717) is 33.3 Å². The number of nitrogens with zero attached hydrogens (tertiary/aromatic N) is 3. The molecule has 0 aliphatic carbocycles. The topological polar surface area (TPSA) is 89.4 Å². The molecule has 1 aromatic heterocycles. The van der Waals surface area contributed by atoms with Crippen LogP contribution >= 0.6 is 23.4 Å². The molecule has 3 aromatic carbocycles. The highest BCUT2D eigenvalue weighted by Gasteiger charge is 2.26. The summed E-state index contributed by atoms with van der Waals surface area (Å²) in [6.45, 7) is 0. The van der Waals surface area contributed by atoms with Gasteiger partial charge < -0.3 is 19.9 Å². The van der Waals surface area contributed by atoms with Crippen LogP contribution in [0.1, 0.15) is 17.4 Å². The van der Waals surface area contributed by atoms with Crippen LogP contribution < -0.4 is 14.8 Å². The number of phenolic OH excluding ortho intramolecular Hbond substituents is 1. The fourth-order valence-electron chi connectivity index (χ4n) is 3.45. The molecule has 0 amide bonds. The first-order chi connectivity index (χ1) is 16.1. The van der Waals surface area contributed by atoms with Crippen LogP contribution in [0, 0.1) is 0 Å². The second-order valence-electron chi connectivity index (χ2n) is 7.28. The molecule has 5 rings (SSSR count). The zero-order chi connectivity index (χ0) is 22.8. The molecule has 2 heterocycles. The van der Waals surface area contributed by atoms with Gasteiger partial charge in [-0.3, -0.25) is 0 Å². The van der Waals surface area contributed by atoms with E-state index in [1.807, 2.05) is 48.5 Å². The first-order valence-electron chi connectivity index (χ1n) is 10.1. The van der Waals surface area contributed by atoms with Crippen LogP contribution in [-0.2, 0) is 5.75 Å². The van der Waals surface area contributed by atoms with Gasteiger partial charge in [0, 0.05) is 27.6 Å². The lowest BCUT2D eigenvalue weighted by Gasteiger charge is -2.20. The largest absolute Gasteiger partial charge is 0.504 e. The van der Waals surface area contributed by atoms with Gasteiger partial charge in [0.25, 0.3) is 0 Å². The molecule has 1 atom stereocenters. The summed E-state index contributed by atoms with van der Waals surface area (Å²) in [7, 11) is 1.51. The molecule has 1 aliphatic heterocycles. The number of halogens is 1. The number of benzene rings is 3. The summed E-state index contributed by atoms with van der Waals surface area (Å²) >= 11 is 7.44. The minimum atomic E-state index is -0.576. The van der Waals surface area contributed by atoms with Crippen molar-refractivity contribution in [2.24, 2.45) is 0 Å². The molecular formula is C24H19ClN4O3S. The lowest BCUT2D eigenvalue weighted by atomic mass is 10.1. The van der Waals surface area contributed by atoms with E-state index in [2.05, 4.69) is 20.5 Å². The minimum Gasteiger partial charge on any atom is -0.504 e. The van der Waals surface area contributed by atoms with Gasteiger partial charge in [0.1, 0.15) is 0 Å². The number of nitrogens with one attached hydrogen (secondary N) is 1. The Morgan fingerprint density at radius 1 is 1.09 bits per heavy atom. The molecule has 0 bridgehead atoms. The molecule has 7 nitrogen and oxygen atoms in total. The van der Waals surface area contributed by atoms with Crippen LogP contribution in [0.3, 0.4) is 0 Å². The van der Waals surface area contributed by atoms with Crippen LogP contribution in [-0.4, -0.2) is 27.4 Å². The zero-order valence-electron chi connectivity index (χ0n) is 17.5. The molecular weight excluding hydrogens is 460 g/mol. The Hall–Kier alpha value is -3.49. The molecule has 1 aliphatic rings. The summed E-state index contributed by atoms with van der Waals surface area (Å²) in [5.41, 5.74) is 4.11. The molecule has 33 heavy (non-hydrogen) atoms. The number of methoxy groups -OCH3 is 1. The van der Waals surface area contributed by atoms with Gasteiger partial charge in [-0.1, -0.05) is 53.7 Å². The van der Waals surface area contributed by atoms with E-state index in [4.69, 9.17) is 21.1 Å². The highest BCUT2D eigenvalue weighted by atomic mass is 35.5. The number of hydrogen-bond donors (Lipinski definition) is 2. The van der Waals surface area contributed by atoms with Gasteiger partial charge in [-0.2, -0.15) is 4.98 Å². The third-order valence-corrected chi connectivity index (χ3v) is 6.28. The molecule has 166 valence electrons. The Labute approximate surface area is 199 Å². The monoisotopic (exact) mass is 478 g/mol. The molecule has 0 saturated carbocycles. The zero-order valence-corrected chi connectivity index (χ0v) is 19.1. The van der Waals surface area contributed by atoms with Crippen molar-refractivity contribution in [3.8, 4) is 28.6 Å². The molecule has 0 unspecified atom stereocenters. The van der Waals surface area contributed by atoms with Crippen molar-refractivity contribution in [2.45, 2.75) is 17.1 Å². The Bertz CT molecular complexity index is 1300. The van der Waals surface area contributed by atoms with Crippen LogP contribution in [0.5, 0.6) is 17.4 Å². The minimum absolute atomic E-state index is 0.0561. The first-order valence-corrected chi connectivity index (χ1v) is 11.5. The van der Waals surface area contributed by atoms with Crippen LogP contribution in [0.2, 0.25) is 5.02 Å². The van der Waals surface area contributed by atoms with Gasteiger partial charge in [0.2, 0.25) is 11.0 Å². The third-order valence-electron chi connectivity index (χ3n) is 5.12. The summed E-state index contributed by atoms with van der Waals surface area (Å²) in [6, 6.07) is 20.5. The van der Waals surface area contributed by atoms with Crippen LogP contribution in [0.4, 0.5) is 5.69 Å². The van der Waals surface area contributed by atoms with E-state index in [1.54, 1.807) is 18.2 Å². The van der Waals surface area contributed by atoms with Crippen LogP contribution in [0.25, 0.3) is 11.3 Å². The molecule has 0 fully saturated rings. The number of rotatable bonds is 5. The number of phenols is 1. The number of aromatic hydroxyl groups is 1. The molecule has 0 saturated heterocycles. The lowest BCUT2D eigenvalue weighted by molar-refractivity contribution is 0.224. The van der Waals surface area contributed by atoms with Crippen molar-refractivity contribution >= 4 is 29.1 Å². The van der Waals surface area contributed by atoms with E-state index in [0.717, 1.165) is 22.4 Å². The van der Waals surface area contributed by atoms with Crippen molar-refractivity contribution in [2.75, 3.05) is 12.4 Å². The van der Waals surface area contributed by atoms with Crippen molar-refractivity contribution in [1.29, 1.82) is 0 Å². The average molecular weight is 479 g/mol. The maximum absolute atomic E-state index is 9.98. The number of hydrogen-bond acceptors (Lipinski definition) is 8. The Kier molecular flexibility index (Phi) is 5.93. The normalized spacial score (nSPS) is 14.3. The summed E-state index contributed by atoms with van der Waals surface area (Å²) in [4.78, 5) is 4.66. The number of anilines is 1. The van der Waals surface area contributed by atoms with E-state index in [9.17, 15) is 5.11 Å². The van der Waals surface area contributed by atoms with Gasteiger partial charge in [-0.25, -0.2) is 0 Å². The number of fused-ring (bicyclic) bond motifs is 3. The Morgan fingerprint density at radius 2 is 1.91 bits per heavy atom. The first kappa shape index (κ1) is 21.4. The third kappa shape index (κ3) is 4.53. The second-order valence-corrected chi connectivity index (χ2v) is 8.66. The quantitative estimate of drug-likeness (QED) is 0.353. The fourth-order valence-corrected chi connectivity index (χ4v) is 4.31. The van der Waals surface area contributed by atoms with Gasteiger partial charge in [0.05, 0.1) is 7.11 Å². The van der Waals surface area contributed by atoms with Gasteiger partial charge in [0.15, 0.2) is 23.4 Å². The SMILES string of the molecule is COc1cc([C@H]2Nc3ccccc3-c3nnc(SCc4ccc(Cl)cc4)nc3O2)ccc1O. The van der Waals surface area contributed by atoms with Gasteiger partial charge in [-0.05, 0) is 42.0 Å². The standard InChI is InChI=1S/C24H19ClN4O3S/c1-31-20-12-15(8-11-19(20)30)22-26-18-5-3-2-4-17(18)21-23(32-22)27-24(29-28-21)33-13-14-6-9-16(25)10-7-14/h2-12,22,26,30H,13H2,1H3/t22-/m0/s1. The van der Waals surface area contributed by atoms with E-state index < -0.39 is 6.23 Å². The molecule has 0 spiro atoms. The molecule has 2 N–H and O–H groups in total. The van der Waals surface area contributed by atoms with Crippen molar-refractivity contribution in [3.63, 3.8) is 0 Å². The van der Waals surface area contributed by atoms with E-state index in [-0.39, 0.29) is 5.75 Å². The highest BCUT2D eigenvalue weighted by molar-refractivity contribution is 7.98. The second kappa shape index (κ2) is 9.17. The number of aromatic nitrogens is 3. The summed E-state index contributed by atoms with van der Waals surface area (Å²) in [5, 5.41) is 23.3. The van der Waals surface area contributed by atoms with Crippen LogP contribution in [0.15, 0.2) is 71.9 Å². The summed E-state index contributed by atoms with van der Waals surface area (Å²) < 4.78 is 11.5. The van der Waals surface area contributed by atoms with E-state index in [1.165, 1.54) is 18.9 Å². The number of thioether (sulfide) groups is 1. The number of para-hydroxylation sites is 1. The smallest absolute Gasteiger partial charge is 0.247 e. The average Bonchev–Trinajstić information content (AvgIpc) is 3.00. The Morgan fingerprint density at radius 3 is 2.73 bits per heavy atom. The predicted octanol–water partition coefficient (Wildman–Crippen LogP) is 5.70. The lowest BCUT2D eigenvalue weighted by Crippen LogP contribution is -2.17. The van der Waals surface area contributed by atoms with Gasteiger partial charge >= 0.3 is 0 Å². The molecule has 9 heteroatoms. The van der Waals surface area contributed by atoms with Gasteiger partial charge in [-0.15, -0.1) is 10.2 Å². The van der Waals surface area contributed by atoms with E-state index >= 15 is 0 Å². The van der Waals surface area contributed by atoms with Crippen molar-refractivity contribution in [3.05, 3.63) is 82.9 Å². The highest BCUT2D eigenvalue weighted by Crippen LogP contribution is 2.40. The van der Waals surface area contributed by atoms with Crippen molar-refractivity contribution in [1.82, 2.24) is 15.2 Å². The predicted molar refractivity (Wildman–Crippen MR) is 128 cm³/mol. The molecule has 4 aromatic rings.